The van der Waals surface area contributed by atoms with Crippen LogP contribution in [0.4, 0.5) is 10.2 Å². The lowest BCUT2D eigenvalue weighted by Gasteiger charge is -2.31. The van der Waals surface area contributed by atoms with Gasteiger partial charge in [-0.05, 0) is 57.8 Å². The van der Waals surface area contributed by atoms with E-state index in [-0.39, 0.29) is 6.54 Å². The Labute approximate surface area is 179 Å². The second kappa shape index (κ2) is 7.67. The number of fused-ring (bicyclic) bond motifs is 3. The van der Waals surface area contributed by atoms with Crippen molar-refractivity contribution in [1.29, 1.82) is 0 Å². The van der Waals surface area contributed by atoms with Gasteiger partial charge in [0, 0.05) is 17.3 Å². The molecule has 0 aliphatic carbocycles. The molecule has 0 radical (unpaired) electrons. The number of nitrogens with one attached hydrogen (secondary N) is 2. The number of anilines is 1. The molecule has 5 heterocycles. The molecule has 2 aliphatic rings. The van der Waals surface area contributed by atoms with Gasteiger partial charge in [-0.2, -0.15) is 0 Å². The Kier molecular flexibility index (Phi) is 4.99. The fraction of sp³-hybridized carbons (Fsp3) is 0.476. The third kappa shape index (κ3) is 3.48. The molecule has 3 aromatic heterocycles. The molecule has 30 heavy (non-hydrogen) atoms. The average Bonchev–Trinajstić information content (AvgIpc) is 3.08. The first-order valence-corrected chi connectivity index (χ1v) is 10.7. The Morgan fingerprint density at radius 1 is 1.37 bits per heavy atom. The number of aryl methyl sites for hydroxylation is 1. The highest BCUT2D eigenvalue weighted by molar-refractivity contribution is 6.29. The molecule has 3 aromatic rings. The molecule has 0 aromatic carbocycles. The zero-order valence-electron chi connectivity index (χ0n) is 16.8. The molecule has 0 unspecified atom stereocenters. The Hall–Kier alpha value is -2.45. The van der Waals surface area contributed by atoms with Crippen molar-refractivity contribution in [3.63, 3.8) is 0 Å². The quantitative estimate of drug-likeness (QED) is 0.616. The molecule has 0 saturated carbocycles. The molecule has 5 rings (SSSR count). The fourth-order valence-electron chi connectivity index (χ4n) is 4.29. The Balaban J connectivity index is 1.60. The molecule has 1 fully saturated rings. The smallest absolute Gasteiger partial charge is 0.197 e. The molecule has 2 aliphatic heterocycles. The van der Waals surface area contributed by atoms with E-state index in [1.54, 1.807) is 16.8 Å². The van der Waals surface area contributed by atoms with Gasteiger partial charge >= 0.3 is 0 Å². The van der Waals surface area contributed by atoms with Crippen molar-refractivity contribution in [3.8, 4) is 17.0 Å². The van der Waals surface area contributed by atoms with Crippen molar-refractivity contribution >= 4 is 23.1 Å². The maximum Gasteiger partial charge on any atom is 0.197 e. The van der Waals surface area contributed by atoms with Crippen molar-refractivity contribution in [2.45, 2.75) is 38.3 Å². The van der Waals surface area contributed by atoms with Crippen molar-refractivity contribution in [1.82, 2.24) is 24.9 Å². The third-order valence-electron chi connectivity index (χ3n) is 5.88. The van der Waals surface area contributed by atoms with Gasteiger partial charge in [-0.3, -0.25) is 0 Å². The molecule has 0 atom stereocenters. The van der Waals surface area contributed by atoms with E-state index in [2.05, 4.69) is 15.6 Å². The maximum absolute atomic E-state index is 15.2. The Morgan fingerprint density at radius 2 is 2.20 bits per heavy atom. The highest BCUT2D eigenvalue weighted by atomic mass is 35.5. The zero-order chi connectivity index (χ0) is 20.7. The van der Waals surface area contributed by atoms with Gasteiger partial charge in [0.15, 0.2) is 17.2 Å². The highest BCUT2D eigenvalue weighted by Gasteiger charge is 2.32. The van der Waals surface area contributed by atoms with E-state index >= 15 is 4.39 Å². The summed E-state index contributed by atoms with van der Waals surface area (Å²) in [6.07, 6.45) is 4.37. The third-order valence-corrected chi connectivity index (χ3v) is 6.09. The topological polar surface area (TPSA) is 76.4 Å². The van der Waals surface area contributed by atoms with Gasteiger partial charge in [-0.15, -0.1) is 5.10 Å². The van der Waals surface area contributed by atoms with Crippen LogP contribution in [-0.4, -0.2) is 51.5 Å². The summed E-state index contributed by atoms with van der Waals surface area (Å²) < 4.78 is 23.0. The minimum atomic E-state index is -1.24. The summed E-state index contributed by atoms with van der Waals surface area (Å²) in [5.74, 6) is 1.39. The average molecular weight is 431 g/mol. The first kappa shape index (κ1) is 19.5. The number of hydrogen-bond donors (Lipinski definition) is 2. The van der Waals surface area contributed by atoms with Gasteiger partial charge in [0.25, 0.3) is 0 Å². The normalized spacial score (nSPS) is 18.1. The van der Waals surface area contributed by atoms with Gasteiger partial charge in [0.1, 0.15) is 10.8 Å². The van der Waals surface area contributed by atoms with Crippen LogP contribution in [0.5, 0.6) is 5.75 Å². The van der Waals surface area contributed by atoms with E-state index in [1.807, 2.05) is 13.0 Å². The number of imidazole rings is 1. The molecule has 0 amide bonds. The van der Waals surface area contributed by atoms with Crippen LogP contribution in [0, 0.1) is 6.92 Å². The van der Waals surface area contributed by atoms with E-state index in [1.165, 1.54) is 0 Å². The molecule has 158 valence electrons. The molecular formula is C21H24ClFN6O. The van der Waals surface area contributed by atoms with Crippen molar-refractivity contribution in [2.24, 2.45) is 0 Å². The van der Waals surface area contributed by atoms with E-state index in [0.29, 0.717) is 49.2 Å². The van der Waals surface area contributed by atoms with Crippen LogP contribution in [0.15, 0.2) is 18.3 Å². The van der Waals surface area contributed by atoms with E-state index in [4.69, 9.17) is 26.4 Å². The summed E-state index contributed by atoms with van der Waals surface area (Å²) in [4.78, 5) is 8.81. The molecule has 0 bridgehead atoms. The lowest BCUT2D eigenvalue weighted by Crippen LogP contribution is -2.43. The van der Waals surface area contributed by atoms with Gasteiger partial charge < -0.3 is 15.4 Å². The SMILES string of the molecule is Cc1nc2c3c(c(NCC4(F)CCNCC4)nn2c1-c1ccnc(Cl)c1)CCCO3. The first-order chi connectivity index (χ1) is 14.5. The minimum absolute atomic E-state index is 0.226. The Bertz CT molecular complexity index is 1090. The van der Waals surface area contributed by atoms with E-state index < -0.39 is 5.67 Å². The van der Waals surface area contributed by atoms with Crippen LogP contribution in [0.2, 0.25) is 5.15 Å². The van der Waals surface area contributed by atoms with E-state index in [9.17, 15) is 0 Å². The van der Waals surface area contributed by atoms with Crippen molar-refractivity contribution in [2.75, 3.05) is 31.6 Å². The number of ether oxygens (including phenoxy) is 1. The summed E-state index contributed by atoms with van der Waals surface area (Å²) >= 11 is 6.12. The van der Waals surface area contributed by atoms with Crippen molar-refractivity contribution in [3.05, 3.63) is 34.7 Å². The largest absolute Gasteiger partial charge is 0.489 e. The number of pyridine rings is 1. The van der Waals surface area contributed by atoms with Crippen LogP contribution in [0.3, 0.4) is 0 Å². The van der Waals surface area contributed by atoms with Crippen LogP contribution >= 0.6 is 11.6 Å². The van der Waals surface area contributed by atoms with Crippen molar-refractivity contribution < 1.29 is 9.13 Å². The predicted octanol–water partition coefficient (Wildman–Crippen LogP) is 3.58. The lowest BCUT2D eigenvalue weighted by atomic mass is 9.94. The summed E-state index contributed by atoms with van der Waals surface area (Å²) in [6.45, 7) is 4.18. The zero-order valence-corrected chi connectivity index (χ0v) is 17.6. The molecule has 0 spiro atoms. The summed E-state index contributed by atoms with van der Waals surface area (Å²) in [6, 6.07) is 3.67. The number of rotatable bonds is 4. The number of hydrogen-bond acceptors (Lipinski definition) is 6. The van der Waals surface area contributed by atoms with Crippen LogP contribution in [0.1, 0.15) is 30.5 Å². The van der Waals surface area contributed by atoms with Crippen LogP contribution in [-0.2, 0) is 6.42 Å². The summed E-state index contributed by atoms with van der Waals surface area (Å²) in [5, 5.41) is 11.8. The van der Waals surface area contributed by atoms with Crippen LogP contribution in [0.25, 0.3) is 16.9 Å². The molecular weight excluding hydrogens is 407 g/mol. The minimum Gasteiger partial charge on any atom is -0.489 e. The molecule has 9 heteroatoms. The fourth-order valence-corrected chi connectivity index (χ4v) is 4.46. The first-order valence-electron chi connectivity index (χ1n) is 10.3. The van der Waals surface area contributed by atoms with Gasteiger partial charge in [-0.1, -0.05) is 11.6 Å². The number of nitrogens with zero attached hydrogens (tertiary/aromatic N) is 4. The predicted molar refractivity (Wildman–Crippen MR) is 114 cm³/mol. The van der Waals surface area contributed by atoms with Gasteiger partial charge in [0.05, 0.1) is 24.5 Å². The van der Waals surface area contributed by atoms with Gasteiger partial charge in [-0.25, -0.2) is 18.9 Å². The number of halogens is 2. The standard InChI is InChI=1S/C21H24ClFN6O/c1-13-17(14-4-7-25-16(22)11-14)29-20(27-13)18-15(3-2-10-30-18)19(28-29)26-12-21(23)5-8-24-9-6-21/h4,7,11,24H,2-3,5-6,8-10,12H2,1H3,(H,26,28). The highest BCUT2D eigenvalue weighted by Crippen LogP contribution is 2.37. The van der Waals surface area contributed by atoms with Gasteiger partial charge in [0.2, 0.25) is 0 Å². The molecule has 7 nitrogen and oxygen atoms in total. The number of piperidine rings is 1. The summed E-state index contributed by atoms with van der Waals surface area (Å²) in [5.41, 5.74) is 2.92. The second-order valence-electron chi connectivity index (χ2n) is 8.01. The number of aromatic nitrogens is 4. The second-order valence-corrected chi connectivity index (χ2v) is 8.40. The molecule has 1 saturated heterocycles. The van der Waals surface area contributed by atoms with Crippen LogP contribution < -0.4 is 15.4 Å². The summed E-state index contributed by atoms with van der Waals surface area (Å²) in [7, 11) is 0. The monoisotopic (exact) mass is 430 g/mol. The lowest BCUT2D eigenvalue weighted by molar-refractivity contribution is 0.131. The Morgan fingerprint density at radius 3 is 3.00 bits per heavy atom. The number of alkyl halides is 1. The maximum atomic E-state index is 15.2. The molecule has 2 N–H and O–H groups in total. The van der Waals surface area contributed by atoms with E-state index in [0.717, 1.165) is 41.1 Å².